The Kier molecular flexibility index (Phi) is 5.97. The lowest BCUT2D eigenvalue weighted by Crippen LogP contribution is -2.32. The standard InChI is InChI=1S/C31H30N2O2/c34-31-27(17-23-13-15-32(16-14-23)20-24-7-3-1-4-8-24)21-33-29-12-11-28(18-26(29)19-30(31)33)35-22-25-9-5-2-6-10-25/h1-12,17-19,23H,13-16,20-22H2. The van der Waals surface area contributed by atoms with Crippen LogP contribution in [0, 0.1) is 5.92 Å². The molecule has 3 aromatic carbocycles. The van der Waals surface area contributed by atoms with Crippen LogP contribution < -0.4 is 4.74 Å². The highest BCUT2D eigenvalue weighted by atomic mass is 16.5. The van der Waals surface area contributed by atoms with Crippen LogP contribution in [0.1, 0.15) is 34.5 Å². The summed E-state index contributed by atoms with van der Waals surface area (Å²) in [5.41, 5.74) is 5.36. The number of carbonyl (C=O) groups excluding carboxylic acids is 1. The van der Waals surface area contributed by atoms with Crippen LogP contribution in [0.4, 0.5) is 0 Å². The molecule has 0 saturated carbocycles. The van der Waals surface area contributed by atoms with Crippen LogP contribution >= 0.6 is 0 Å². The highest BCUT2D eigenvalue weighted by molar-refractivity contribution is 6.12. The van der Waals surface area contributed by atoms with E-state index in [9.17, 15) is 4.79 Å². The van der Waals surface area contributed by atoms with Gasteiger partial charge in [-0.15, -0.1) is 0 Å². The molecule has 1 saturated heterocycles. The van der Waals surface area contributed by atoms with Crippen molar-refractivity contribution in [2.75, 3.05) is 13.1 Å². The zero-order valence-corrected chi connectivity index (χ0v) is 19.9. The van der Waals surface area contributed by atoms with Crippen LogP contribution in [0.25, 0.3) is 10.9 Å². The zero-order valence-electron chi connectivity index (χ0n) is 19.9. The average Bonchev–Trinajstić information content (AvgIpc) is 3.40. The second kappa shape index (κ2) is 9.55. The molecule has 4 aromatic rings. The van der Waals surface area contributed by atoms with E-state index in [-0.39, 0.29) is 5.78 Å². The van der Waals surface area contributed by atoms with Crippen LogP contribution in [0.5, 0.6) is 5.75 Å². The smallest absolute Gasteiger partial charge is 0.206 e. The fourth-order valence-corrected chi connectivity index (χ4v) is 5.38. The van der Waals surface area contributed by atoms with E-state index in [4.69, 9.17) is 4.74 Å². The molecule has 2 aliphatic heterocycles. The molecule has 0 amide bonds. The summed E-state index contributed by atoms with van der Waals surface area (Å²) in [5.74, 6) is 1.49. The SMILES string of the molecule is O=C1C(=CC2CCN(Cc3ccccc3)CC2)Cn2c1cc1cc(OCc3ccccc3)ccc12. The van der Waals surface area contributed by atoms with Gasteiger partial charge < -0.3 is 9.30 Å². The Hall–Kier alpha value is -3.63. The maximum atomic E-state index is 13.2. The highest BCUT2D eigenvalue weighted by Crippen LogP contribution is 2.33. The molecule has 0 bridgehead atoms. The largest absolute Gasteiger partial charge is 0.489 e. The van der Waals surface area contributed by atoms with Gasteiger partial charge in [0.25, 0.3) is 0 Å². The Morgan fingerprint density at radius 3 is 2.31 bits per heavy atom. The van der Waals surface area contributed by atoms with Gasteiger partial charge in [-0.25, -0.2) is 0 Å². The van der Waals surface area contributed by atoms with Gasteiger partial charge >= 0.3 is 0 Å². The average molecular weight is 463 g/mol. The molecule has 4 nitrogen and oxygen atoms in total. The topological polar surface area (TPSA) is 34.5 Å². The van der Waals surface area contributed by atoms with E-state index in [1.807, 2.05) is 36.4 Å². The summed E-state index contributed by atoms with van der Waals surface area (Å²) in [4.78, 5) is 15.7. The minimum absolute atomic E-state index is 0.180. The van der Waals surface area contributed by atoms with Crippen molar-refractivity contribution in [2.24, 2.45) is 5.92 Å². The van der Waals surface area contributed by atoms with E-state index >= 15 is 0 Å². The summed E-state index contributed by atoms with van der Waals surface area (Å²) in [6.07, 6.45) is 4.49. The van der Waals surface area contributed by atoms with Gasteiger partial charge in [-0.05, 0) is 67.2 Å². The third-order valence-electron chi connectivity index (χ3n) is 7.29. The van der Waals surface area contributed by atoms with Crippen molar-refractivity contribution >= 4 is 16.7 Å². The summed E-state index contributed by atoms with van der Waals surface area (Å²) < 4.78 is 8.15. The molecule has 1 fully saturated rings. The molecular formula is C31H30N2O2. The van der Waals surface area contributed by atoms with Crippen molar-refractivity contribution < 1.29 is 9.53 Å². The van der Waals surface area contributed by atoms with E-state index in [1.54, 1.807) is 0 Å². The first kappa shape index (κ1) is 21.9. The Balaban J connectivity index is 1.10. The molecule has 0 spiro atoms. The van der Waals surface area contributed by atoms with Crippen molar-refractivity contribution in [3.05, 3.63) is 113 Å². The van der Waals surface area contributed by atoms with Crippen LogP contribution in [0.15, 0.2) is 96.6 Å². The fraction of sp³-hybridized carbons (Fsp3) is 0.258. The second-order valence-electron chi connectivity index (χ2n) is 9.73. The number of hydrogen-bond acceptors (Lipinski definition) is 3. The molecule has 176 valence electrons. The molecule has 4 heteroatoms. The molecule has 0 N–H and O–H groups in total. The third-order valence-corrected chi connectivity index (χ3v) is 7.29. The van der Waals surface area contributed by atoms with Gasteiger partial charge in [-0.1, -0.05) is 66.7 Å². The number of hydrogen-bond donors (Lipinski definition) is 0. The van der Waals surface area contributed by atoms with Crippen molar-refractivity contribution in [2.45, 2.75) is 32.5 Å². The first-order valence-electron chi connectivity index (χ1n) is 12.5. The molecule has 0 aliphatic carbocycles. The van der Waals surface area contributed by atoms with Gasteiger partial charge in [0.15, 0.2) is 0 Å². The second-order valence-corrected chi connectivity index (χ2v) is 9.73. The van der Waals surface area contributed by atoms with Crippen molar-refractivity contribution in [3.63, 3.8) is 0 Å². The van der Waals surface area contributed by atoms with E-state index in [2.05, 4.69) is 64.1 Å². The van der Waals surface area contributed by atoms with Crippen LogP contribution in [-0.4, -0.2) is 28.3 Å². The van der Waals surface area contributed by atoms with Gasteiger partial charge in [0.2, 0.25) is 5.78 Å². The molecular weight excluding hydrogens is 432 g/mol. The number of rotatable bonds is 6. The van der Waals surface area contributed by atoms with Crippen LogP contribution in [0.2, 0.25) is 0 Å². The van der Waals surface area contributed by atoms with Gasteiger partial charge in [-0.3, -0.25) is 9.69 Å². The van der Waals surface area contributed by atoms with Crippen LogP contribution in [-0.2, 0) is 19.7 Å². The van der Waals surface area contributed by atoms with Gasteiger partial charge in [0.1, 0.15) is 12.4 Å². The lowest BCUT2D eigenvalue weighted by molar-refractivity contribution is 0.103. The number of benzene rings is 3. The lowest BCUT2D eigenvalue weighted by Gasteiger charge is -2.30. The number of Topliss-reactive ketones (excluding diaryl/α,β-unsaturated/α-hetero) is 1. The summed E-state index contributed by atoms with van der Waals surface area (Å²) in [6, 6.07) is 29.0. The number of ether oxygens (including phenoxy) is 1. The number of piperidine rings is 1. The molecule has 0 unspecified atom stereocenters. The minimum atomic E-state index is 0.180. The summed E-state index contributed by atoms with van der Waals surface area (Å²) in [7, 11) is 0. The quantitative estimate of drug-likeness (QED) is 0.318. The zero-order chi connectivity index (χ0) is 23.6. The van der Waals surface area contributed by atoms with Crippen molar-refractivity contribution in [3.8, 4) is 5.75 Å². The maximum absolute atomic E-state index is 13.2. The number of ketones is 1. The Morgan fingerprint density at radius 2 is 1.57 bits per heavy atom. The lowest BCUT2D eigenvalue weighted by atomic mass is 9.93. The predicted octanol–water partition coefficient (Wildman–Crippen LogP) is 6.26. The molecule has 6 rings (SSSR count). The molecule has 2 aliphatic rings. The van der Waals surface area contributed by atoms with Gasteiger partial charge in [-0.2, -0.15) is 0 Å². The maximum Gasteiger partial charge on any atom is 0.206 e. The van der Waals surface area contributed by atoms with E-state index in [1.165, 1.54) is 5.56 Å². The van der Waals surface area contributed by atoms with E-state index < -0.39 is 0 Å². The number of allylic oxidation sites excluding steroid dienone is 2. The Morgan fingerprint density at radius 1 is 0.857 bits per heavy atom. The Labute approximate surface area is 206 Å². The first-order valence-corrected chi connectivity index (χ1v) is 12.5. The molecule has 0 radical (unpaired) electrons. The van der Waals surface area contributed by atoms with Gasteiger partial charge in [0.05, 0.1) is 12.2 Å². The third kappa shape index (κ3) is 4.67. The highest BCUT2D eigenvalue weighted by Gasteiger charge is 2.28. The molecule has 35 heavy (non-hydrogen) atoms. The number of nitrogens with zero attached hydrogens (tertiary/aromatic N) is 2. The fourth-order valence-electron chi connectivity index (χ4n) is 5.38. The minimum Gasteiger partial charge on any atom is -0.489 e. The van der Waals surface area contributed by atoms with Gasteiger partial charge in [0, 0.05) is 23.0 Å². The Bertz CT molecular complexity index is 1360. The number of fused-ring (bicyclic) bond motifs is 3. The summed E-state index contributed by atoms with van der Waals surface area (Å²) in [5, 5.41) is 1.06. The number of carbonyl (C=O) groups is 1. The molecule has 3 heterocycles. The summed E-state index contributed by atoms with van der Waals surface area (Å²) >= 11 is 0. The van der Waals surface area contributed by atoms with Crippen molar-refractivity contribution in [1.82, 2.24) is 9.47 Å². The summed E-state index contributed by atoms with van der Waals surface area (Å²) in [6.45, 7) is 4.39. The van der Waals surface area contributed by atoms with E-state index in [0.717, 1.165) is 66.0 Å². The van der Waals surface area contributed by atoms with E-state index in [0.29, 0.717) is 19.1 Å². The predicted molar refractivity (Wildman–Crippen MR) is 140 cm³/mol. The molecule has 1 aromatic heterocycles. The van der Waals surface area contributed by atoms with Crippen LogP contribution in [0.3, 0.4) is 0 Å². The van der Waals surface area contributed by atoms with Crippen molar-refractivity contribution in [1.29, 1.82) is 0 Å². The number of likely N-dealkylation sites (tertiary alicyclic amines) is 1. The normalized spacial score (nSPS) is 17.8. The number of aromatic nitrogens is 1. The monoisotopic (exact) mass is 462 g/mol. The first-order chi connectivity index (χ1) is 17.2. The molecule has 0 atom stereocenters.